The Morgan fingerprint density at radius 3 is 3.00 bits per heavy atom. The molecule has 0 spiro atoms. The molecular formula is C6H3Cl2IN3+. The van der Waals surface area contributed by atoms with Crippen LogP contribution in [-0.4, -0.2) is 9.97 Å². The fraction of sp³-hybridized carbons (Fsp3) is 0. The van der Waals surface area contributed by atoms with Crippen molar-refractivity contribution in [1.29, 1.82) is 0 Å². The highest BCUT2D eigenvalue weighted by Gasteiger charge is 2.16. The molecule has 3 nitrogen and oxygen atoms in total. The fourth-order valence-electron chi connectivity index (χ4n) is 0.967. The molecule has 2 heterocycles. The number of rotatable bonds is 0. The van der Waals surface area contributed by atoms with Crippen LogP contribution in [-0.2, 0) is 0 Å². The van der Waals surface area contributed by atoms with Crippen molar-refractivity contribution in [2.45, 2.75) is 0 Å². The van der Waals surface area contributed by atoms with E-state index in [0.717, 1.165) is 11.0 Å². The molecule has 1 N–H and O–H groups in total. The highest BCUT2D eigenvalue weighted by atomic mass is 127. The predicted octanol–water partition coefficient (Wildman–Crippen LogP) is 2.36. The Balaban J connectivity index is 2.97. The van der Waals surface area contributed by atoms with Gasteiger partial charge >= 0.3 is 5.28 Å². The summed E-state index contributed by atoms with van der Waals surface area (Å²) in [4.78, 5) is 6.96. The molecule has 0 aromatic carbocycles. The van der Waals surface area contributed by atoms with Crippen LogP contribution >= 0.6 is 46.1 Å². The Kier molecular flexibility index (Phi) is 2.14. The molecule has 12 heavy (non-hydrogen) atoms. The minimum absolute atomic E-state index is 0.357. The number of hydrogen-bond acceptors (Lipinski definition) is 1. The molecule has 0 radical (unpaired) electrons. The zero-order valence-electron chi connectivity index (χ0n) is 5.68. The van der Waals surface area contributed by atoms with E-state index >= 15 is 0 Å². The molecule has 0 aliphatic carbocycles. The molecule has 0 amide bonds. The zero-order valence-corrected chi connectivity index (χ0v) is 9.35. The lowest BCUT2D eigenvalue weighted by Crippen LogP contribution is -2.23. The zero-order chi connectivity index (χ0) is 8.72. The van der Waals surface area contributed by atoms with Crippen LogP contribution in [0.25, 0.3) is 11.0 Å². The second-order valence-corrected chi connectivity index (χ2v) is 3.85. The van der Waals surface area contributed by atoms with Gasteiger partial charge in [0.25, 0.3) is 0 Å². The second kappa shape index (κ2) is 3.01. The summed E-state index contributed by atoms with van der Waals surface area (Å²) in [5.41, 5.74) is 0.862. The summed E-state index contributed by atoms with van der Waals surface area (Å²) in [7, 11) is 0. The Morgan fingerprint density at radius 1 is 1.50 bits per heavy atom. The Bertz CT molecular complexity index is 440. The number of nitrogens with zero attached hydrogens (tertiary/aromatic N) is 2. The van der Waals surface area contributed by atoms with Crippen molar-refractivity contribution >= 4 is 57.1 Å². The number of H-pyrrole nitrogens is 1. The van der Waals surface area contributed by atoms with Crippen LogP contribution in [0, 0.1) is 0 Å². The van der Waals surface area contributed by atoms with Crippen LogP contribution < -0.4 is 2.78 Å². The maximum absolute atomic E-state index is 5.84. The number of aromatic nitrogens is 3. The van der Waals surface area contributed by atoms with Gasteiger partial charge in [0.05, 0.1) is 6.20 Å². The molecule has 0 aliphatic heterocycles. The Labute approximate surface area is 92.2 Å². The minimum atomic E-state index is 0.357. The lowest BCUT2D eigenvalue weighted by Gasteiger charge is -1.92. The van der Waals surface area contributed by atoms with E-state index in [-0.39, 0.29) is 0 Å². The first kappa shape index (κ1) is 8.52. The van der Waals surface area contributed by atoms with Gasteiger partial charge in [-0.3, -0.25) is 4.98 Å². The first-order valence-corrected chi connectivity index (χ1v) is 4.82. The van der Waals surface area contributed by atoms with Gasteiger partial charge in [-0.15, -0.1) is 0 Å². The third kappa shape index (κ3) is 1.18. The van der Waals surface area contributed by atoms with E-state index in [1.807, 2.05) is 28.9 Å². The lowest BCUT2D eigenvalue weighted by atomic mass is 10.4. The highest BCUT2D eigenvalue weighted by Crippen LogP contribution is 2.19. The van der Waals surface area contributed by atoms with Crippen molar-refractivity contribution in [3.05, 3.63) is 22.7 Å². The average Bonchev–Trinajstić information content (AvgIpc) is 2.48. The van der Waals surface area contributed by atoms with Crippen LogP contribution in [0.15, 0.2) is 12.3 Å². The standard InChI is InChI=1S/C6H2Cl2IN3/c7-4-3-1-2-10-5(3)12(9)6(8)11-4/h1-2H/p+1. The van der Waals surface area contributed by atoms with E-state index in [1.54, 1.807) is 8.98 Å². The van der Waals surface area contributed by atoms with Crippen LogP contribution in [0.2, 0.25) is 10.4 Å². The van der Waals surface area contributed by atoms with E-state index in [2.05, 4.69) is 9.97 Å². The first-order chi connectivity index (χ1) is 5.70. The molecule has 2 rings (SSSR count). The van der Waals surface area contributed by atoms with Gasteiger partial charge in [0.15, 0.2) is 22.9 Å². The first-order valence-electron chi connectivity index (χ1n) is 3.10. The van der Waals surface area contributed by atoms with Gasteiger partial charge in [-0.25, -0.2) is 0 Å². The quantitative estimate of drug-likeness (QED) is 0.452. The molecule has 0 unspecified atom stereocenters. The van der Waals surface area contributed by atoms with Crippen molar-refractivity contribution in [3.8, 4) is 0 Å². The smallest absolute Gasteiger partial charge is 0.279 e. The summed E-state index contributed by atoms with van der Waals surface area (Å²) in [6, 6.07) is 1.86. The van der Waals surface area contributed by atoms with Crippen molar-refractivity contribution < 1.29 is 2.78 Å². The topological polar surface area (TPSA) is 32.6 Å². The van der Waals surface area contributed by atoms with E-state index in [1.165, 1.54) is 0 Å². The van der Waals surface area contributed by atoms with Crippen molar-refractivity contribution in [2.75, 3.05) is 0 Å². The third-order valence-electron chi connectivity index (χ3n) is 1.50. The number of fused-ring (bicyclic) bond motifs is 1. The van der Waals surface area contributed by atoms with Crippen molar-refractivity contribution in [2.24, 2.45) is 0 Å². The van der Waals surface area contributed by atoms with Gasteiger partial charge < -0.3 is 0 Å². The van der Waals surface area contributed by atoms with Gasteiger partial charge in [0.2, 0.25) is 10.8 Å². The predicted molar refractivity (Wildman–Crippen MR) is 55.7 cm³/mol. The van der Waals surface area contributed by atoms with Crippen molar-refractivity contribution in [3.63, 3.8) is 0 Å². The normalized spacial score (nSPS) is 10.9. The summed E-state index contributed by atoms with van der Waals surface area (Å²) in [6.07, 6.45) is 1.80. The molecule has 0 bridgehead atoms. The molecule has 6 heteroatoms. The average molecular weight is 315 g/mol. The summed E-state index contributed by atoms with van der Waals surface area (Å²) in [5, 5.41) is 1.65. The molecule has 2 aromatic rings. The molecule has 0 fully saturated rings. The number of halogens is 3. The minimum Gasteiger partial charge on any atom is -0.279 e. The van der Waals surface area contributed by atoms with Crippen molar-refractivity contribution in [1.82, 2.24) is 9.97 Å². The maximum Gasteiger partial charge on any atom is 0.345 e. The van der Waals surface area contributed by atoms with Crippen LogP contribution in [0.4, 0.5) is 0 Å². The largest absolute Gasteiger partial charge is 0.345 e. The molecular weight excluding hydrogens is 312 g/mol. The molecule has 2 aromatic heterocycles. The highest BCUT2D eigenvalue weighted by molar-refractivity contribution is 14.1. The van der Waals surface area contributed by atoms with Crippen LogP contribution in [0.3, 0.4) is 0 Å². The number of nitrogens with one attached hydrogen (secondary N) is 1. The third-order valence-corrected chi connectivity index (χ3v) is 3.26. The van der Waals surface area contributed by atoms with Gasteiger partial charge in [0, 0.05) is 0 Å². The van der Waals surface area contributed by atoms with E-state index in [0.29, 0.717) is 10.4 Å². The summed E-state index contributed by atoms with van der Waals surface area (Å²) >= 11 is 13.7. The molecule has 0 saturated carbocycles. The molecule has 0 aliphatic rings. The Hall–Kier alpha value is -0.0700. The fourth-order valence-corrected chi connectivity index (χ4v) is 1.92. The van der Waals surface area contributed by atoms with Gasteiger partial charge in [-0.05, 0) is 29.3 Å². The summed E-state index contributed by atoms with van der Waals surface area (Å²) < 4.78 is 1.71. The SMILES string of the molecule is Clc1nc(Cl)[n+](I)c2[nH]ccc12. The number of hydrogen-bond donors (Lipinski definition) is 1. The molecule has 0 saturated heterocycles. The van der Waals surface area contributed by atoms with Gasteiger partial charge in [-0.2, -0.15) is 2.78 Å². The number of aromatic amines is 1. The molecule has 0 atom stereocenters. The van der Waals surface area contributed by atoms with E-state index in [4.69, 9.17) is 23.2 Å². The van der Waals surface area contributed by atoms with E-state index < -0.39 is 0 Å². The summed E-state index contributed by atoms with van der Waals surface area (Å²) in [5.74, 6) is 0. The maximum atomic E-state index is 5.84. The van der Waals surface area contributed by atoms with Gasteiger partial charge in [-0.1, -0.05) is 4.98 Å². The summed E-state index contributed by atoms with van der Waals surface area (Å²) in [6.45, 7) is 0. The van der Waals surface area contributed by atoms with Gasteiger partial charge in [0.1, 0.15) is 5.39 Å². The monoisotopic (exact) mass is 314 g/mol. The Morgan fingerprint density at radius 2 is 2.25 bits per heavy atom. The van der Waals surface area contributed by atoms with E-state index in [9.17, 15) is 0 Å². The lowest BCUT2D eigenvalue weighted by molar-refractivity contribution is -0.412. The van der Waals surface area contributed by atoms with Crippen LogP contribution in [0.1, 0.15) is 0 Å². The second-order valence-electron chi connectivity index (χ2n) is 2.19. The molecule has 62 valence electrons. The van der Waals surface area contributed by atoms with Crippen LogP contribution in [0.5, 0.6) is 0 Å².